The molecule has 3 nitrogen and oxygen atoms in total. The highest BCUT2D eigenvalue weighted by Crippen LogP contribution is 2.52. The topological polar surface area (TPSA) is 66.5 Å². The van der Waals surface area contributed by atoms with Gasteiger partial charge in [-0.25, -0.2) is 0 Å². The van der Waals surface area contributed by atoms with Crippen LogP contribution in [0, 0.1) is 23.2 Å². The van der Waals surface area contributed by atoms with E-state index in [9.17, 15) is 10.2 Å². The number of hydrogen-bond donors (Lipinski definition) is 3. The monoisotopic (exact) mass is 359 g/mol. The summed E-state index contributed by atoms with van der Waals surface area (Å²) in [7, 11) is 0. The number of rotatable bonds is 4. The van der Waals surface area contributed by atoms with Gasteiger partial charge in [0.1, 0.15) is 0 Å². The van der Waals surface area contributed by atoms with Crippen LogP contribution in [0.4, 0.5) is 0 Å². The van der Waals surface area contributed by atoms with Gasteiger partial charge in [-0.2, -0.15) is 0 Å². The molecular formula is C20H38ClNO2. The van der Waals surface area contributed by atoms with Gasteiger partial charge in [0.15, 0.2) is 0 Å². The molecule has 2 fully saturated rings. The highest BCUT2D eigenvalue weighted by atomic mass is 35.5. The third-order valence-corrected chi connectivity index (χ3v) is 7.62. The molecule has 0 radical (unpaired) electrons. The van der Waals surface area contributed by atoms with E-state index in [1.54, 1.807) is 0 Å². The van der Waals surface area contributed by atoms with Crippen molar-refractivity contribution in [2.45, 2.75) is 102 Å². The SMILES string of the molecule is CC(C)[C@@H](N)C(O)C1CCC(C)(C)C(O)(C2CCC(Cl)CC2)CC1. The van der Waals surface area contributed by atoms with Gasteiger partial charge in [-0.05, 0) is 74.5 Å². The van der Waals surface area contributed by atoms with Gasteiger partial charge in [-0.15, -0.1) is 11.6 Å². The van der Waals surface area contributed by atoms with Gasteiger partial charge in [-0.3, -0.25) is 0 Å². The van der Waals surface area contributed by atoms with E-state index < -0.39 is 11.7 Å². The van der Waals surface area contributed by atoms with Crippen molar-refractivity contribution in [1.29, 1.82) is 0 Å². The van der Waals surface area contributed by atoms with E-state index >= 15 is 0 Å². The van der Waals surface area contributed by atoms with Crippen molar-refractivity contribution in [3.8, 4) is 0 Å². The lowest BCUT2D eigenvalue weighted by Crippen LogP contribution is -2.51. The normalized spacial score (nSPS) is 40.1. The number of halogens is 1. The summed E-state index contributed by atoms with van der Waals surface area (Å²) in [6.45, 7) is 8.54. The molecule has 2 aliphatic carbocycles. The third-order valence-electron chi connectivity index (χ3n) is 7.19. The van der Waals surface area contributed by atoms with Crippen molar-refractivity contribution >= 4 is 11.6 Å². The zero-order valence-corrected chi connectivity index (χ0v) is 16.7. The first-order valence-electron chi connectivity index (χ1n) is 9.88. The Hall–Kier alpha value is 0.170. The van der Waals surface area contributed by atoms with Crippen LogP contribution in [-0.2, 0) is 0 Å². The minimum Gasteiger partial charge on any atom is -0.391 e. The lowest BCUT2D eigenvalue weighted by Gasteiger charge is -2.49. The fraction of sp³-hybridized carbons (Fsp3) is 1.00. The van der Waals surface area contributed by atoms with E-state index in [2.05, 4.69) is 27.7 Å². The number of alkyl halides is 1. The summed E-state index contributed by atoms with van der Waals surface area (Å²) >= 11 is 6.27. The predicted octanol–water partition coefficient (Wildman–Crippen LogP) is 4.08. The summed E-state index contributed by atoms with van der Waals surface area (Å²) < 4.78 is 0. The van der Waals surface area contributed by atoms with Crippen LogP contribution in [0.5, 0.6) is 0 Å². The van der Waals surface area contributed by atoms with Crippen LogP contribution in [-0.4, -0.2) is 33.3 Å². The molecule has 0 aromatic rings. The second-order valence-electron chi connectivity index (χ2n) is 9.41. The van der Waals surface area contributed by atoms with Crippen molar-refractivity contribution in [3.05, 3.63) is 0 Å². The van der Waals surface area contributed by atoms with Gasteiger partial charge in [0.2, 0.25) is 0 Å². The van der Waals surface area contributed by atoms with Crippen molar-refractivity contribution in [1.82, 2.24) is 0 Å². The molecular weight excluding hydrogens is 322 g/mol. The molecule has 0 aliphatic heterocycles. The fourth-order valence-corrected chi connectivity index (χ4v) is 5.24. The number of aliphatic hydroxyl groups excluding tert-OH is 1. The fourth-order valence-electron chi connectivity index (χ4n) is 4.99. The summed E-state index contributed by atoms with van der Waals surface area (Å²) in [5, 5.41) is 22.7. The van der Waals surface area contributed by atoms with Crippen molar-refractivity contribution in [2.75, 3.05) is 0 Å². The Morgan fingerprint density at radius 1 is 1.00 bits per heavy atom. The Morgan fingerprint density at radius 2 is 1.54 bits per heavy atom. The van der Waals surface area contributed by atoms with Crippen LogP contribution in [0.1, 0.15) is 79.1 Å². The summed E-state index contributed by atoms with van der Waals surface area (Å²) in [6.07, 6.45) is 7.11. The molecule has 4 N–H and O–H groups in total. The second-order valence-corrected chi connectivity index (χ2v) is 10.0. The van der Waals surface area contributed by atoms with Crippen LogP contribution in [0.2, 0.25) is 0 Å². The maximum Gasteiger partial charge on any atom is 0.0726 e. The van der Waals surface area contributed by atoms with E-state index in [1.165, 1.54) is 0 Å². The maximum atomic E-state index is 11.7. The van der Waals surface area contributed by atoms with E-state index in [0.29, 0.717) is 5.92 Å². The van der Waals surface area contributed by atoms with Gasteiger partial charge < -0.3 is 15.9 Å². The number of hydrogen-bond acceptors (Lipinski definition) is 3. The molecule has 2 saturated carbocycles. The molecule has 0 bridgehead atoms. The van der Waals surface area contributed by atoms with Gasteiger partial charge in [-0.1, -0.05) is 27.7 Å². The molecule has 2 rings (SSSR count). The van der Waals surface area contributed by atoms with Gasteiger partial charge in [0.05, 0.1) is 11.7 Å². The molecule has 2 aliphatic rings. The number of nitrogens with two attached hydrogens (primary N) is 1. The van der Waals surface area contributed by atoms with Crippen LogP contribution in [0.3, 0.4) is 0 Å². The summed E-state index contributed by atoms with van der Waals surface area (Å²) in [5.41, 5.74) is 5.42. The molecule has 4 atom stereocenters. The second kappa shape index (κ2) is 7.82. The first kappa shape index (κ1) is 20.5. The average Bonchev–Trinajstić information content (AvgIpc) is 2.64. The quantitative estimate of drug-likeness (QED) is 0.523. The van der Waals surface area contributed by atoms with Crippen LogP contribution < -0.4 is 5.73 Å². The molecule has 142 valence electrons. The van der Waals surface area contributed by atoms with Gasteiger partial charge in [0, 0.05) is 11.4 Å². The van der Waals surface area contributed by atoms with E-state index in [-0.39, 0.29) is 28.7 Å². The Labute approximate surface area is 153 Å². The van der Waals surface area contributed by atoms with Gasteiger partial charge >= 0.3 is 0 Å². The molecule has 0 aromatic carbocycles. The van der Waals surface area contributed by atoms with E-state index in [1.807, 2.05) is 0 Å². The Bertz CT molecular complexity index is 406. The van der Waals surface area contributed by atoms with Crippen molar-refractivity contribution < 1.29 is 10.2 Å². The molecule has 0 aromatic heterocycles. The maximum absolute atomic E-state index is 11.7. The first-order chi connectivity index (χ1) is 11.1. The minimum absolute atomic E-state index is 0.132. The van der Waals surface area contributed by atoms with E-state index in [0.717, 1.165) is 51.4 Å². The Kier molecular flexibility index (Phi) is 6.67. The van der Waals surface area contributed by atoms with Crippen LogP contribution >= 0.6 is 11.6 Å². The largest absolute Gasteiger partial charge is 0.391 e. The molecule has 3 unspecified atom stereocenters. The molecule has 0 spiro atoms. The number of aliphatic hydroxyl groups is 2. The first-order valence-corrected chi connectivity index (χ1v) is 10.3. The molecule has 0 amide bonds. The zero-order valence-electron chi connectivity index (χ0n) is 16.0. The third kappa shape index (κ3) is 4.11. The predicted molar refractivity (Wildman–Crippen MR) is 101 cm³/mol. The standard InChI is InChI=1S/C20H38ClNO2/c1-13(2)17(22)18(23)14-9-11-19(3,4)20(24,12-10-14)15-5-7-16(21)8-6-15/h13-18,23-24H,5-12,22H2,1-4H3/t14?,15?,16?,17-,18?,20?/m1/s1. The molecule has 0 heterocycles. The summed E-state index contributed by atoms with van der Waals surface area (Å²) in [5.74, 6) is 0.798. The smallest absolute Gasteiger partial charge is 0.0726 e. The van der Waals surface area contributed by atoms with Crippen molar-refractivity contribution in [2.24, 2.45) is 28.9 Å². The summed E-state index contributed by atoms with van der Waals surface area (Å²) in [4.78, 5) is 0. The highest BCUT2D eigenvalue weighted by molar-refractivity contribution is 6.20. The zero-order chi connectivity index (χ0) is 18.1. The molecule has 4 heteroatoms. The van der Waals surface area contributed by atoms with Gasteiger partial charge in [0.25, 0.3) is 0 Å². The molecule has 0 saturated heterocycles. The highest BCUT2D eigenvalue weighted by Gasteiger charge is 2.51. The Morgan fingerprint density at radius 3 is 2.08 bits per heavy atom. The van der Waals surface area contributed by atoms with Crippen LogP contribution in [0.25, 0.3) is 0 Å². The van der Waals surface area contributed by atoms with Crippen molar-refractivity contribution in [3.63, 3.8) is 0 Å². The minimum atomic E-state index is -0.652. The Balaban J connectivity index is 2.11. The summed E-state index contributed by atoms with van der Waals surface area (Å²) in [6, 6.07) is -0.184. The van der Waals surface area contributed by atoms with Crippen LogP contribution in [0.15, 0.2) is 0 Å². The average molecular weight is 360 g/mol. The lowest BCUT2D eigenvalue weighted by atomic mass is 9.61. The molecule has 24 heavy (non-hydrogen) atoms. The lowest BCUT2D eigenvalue weighted by molar-refractivity contribution is -0.126. The van der Waals surface area contributed by atoms with E-state index in [4.69, 9.17) is 17.3 Å².